The Hall–Kier alpha value is -2.89. The minimum atomic E-state index is 0.0406. The average molecular weight is 409 g/mol. The Bertz CT molecular complexity index is 959. The molecule has 6 nitrogen and oxygen atoms in total. The number of hydrogen-bond acceptors (Lipinski definition) is 4. The van der Waals surface area contributed by atoms with Crippen LogP contribution < -0.4 is 4.90 Å². The second-order valence-corrected chi connectivity index (χ2v) is 8.25. The first-order valence-electron chi connectivity index (χ1n) is 10.8. The minimum absolute atomic E-state index is 0.0406. The second kappa shape index (κ2) is 8.46. The second-order valence-electron chi connectivity index (χ2n) is 8.25. The quantitative estimate of drug-likeness (QED) is 0.466. The Morgan fingerprint density at radius 1 is 1.30 bits per heavy atom. The zero-order valence-corrected chi connectivity index (χ0v) is 18.0. The summed E-state index contributed by atoms with van der Waals surface area (Å²) in [5.41, 5.74) is 6.36. The number of rotatable bonds is 8. The van der Waals surface area contributed by atoms with Gasteiger partial charge in [0.15, 0.2) is 7.11 Å². The SMILES string of the molecule is CCCCN(C=O)C1CC(c2ccc(C)c([N+](=O)OC)c2)N2CCc3cccc1c32. The molecule has 0 radical (unpaired) electrons. The minimum Gasteiger partial charge on any atom is -0.364 e. The summed E-state index contributed by atoms with van der Waals surface area (Å²) >= 11 is 0. The summed E-state index contributed by atoms with van der Waals surface area (Å²) < 4.78 is 0. The molecule has 0 saturated heterocycles. The summed E-state index contributed by atoms with van der Waals surface area (Å²) in [6, 6.07) is 12.7. The predicted molar refractivity (Wildman–Crippen MR) is 117 cm³/mol. The van der Waals surface area contributed by atoms with Gasteiger partial charge in [-0.15, -0.1) is 0 Å². The van der Waals surface area contributed by atoms with E-state index in [1.807, 2.05) is 24.0 Å². The molecule has 4 rings (SSSR count). The third kappa shape index (κ3) is 3.44. The van der Waals surface area contributed by atoms with Crippen molar-refractivity contribution in [2.45, 2.75) is 51.6 Å². The van der Waals surface area contributed by atoms with E-state index in [0.29, 0.717) is 10.6 Å². The van der Waals surface area contributed by atoms with Gasteiger partial charge in [0, 0.05) is 30.4 Å². The highest BCUT2D eigenvalue weighted by atomic mass is 16.8. The van der Waals surface area contributed by atoms with Crippen LogP contribution in [-0.2, 0) is 16.1 Å². The van der Waals surface area contributed by atoms with Crippen LogP contribution in [0.3, 0.4) is 0 Å². The highest BCUT2D eigenvalue weighted by Crippen LogP contribution is 2.50. The number of nitrogens with zero attached hydrogens (tertiary/aromatic N) is 3. The lowest BCUT2D eigenvalue weighted by atomic mass is 9.86. The molecule has 2 aliphatic heterocycles. The molecular formula is C24H30N3O3+. The van der Waals surface area contributed by atoms with Gasteiger partial charge in [0.2, 0.25) is 6.41 Å². The average Bonchev–Trinajstić information content (AvgIpc) is 3.21. The van der Waals surface area contributed by atoms with Crippen molar-refractivity contribution in [3.05, 3.63) is 63.6 Å². The Morgan fingerprint density at radius 3 is 2.87 bits per heavy atom. The molecule has 0 saturated carbocycles. The maximum Gasteiger partial charge on any atom is 0.319 e. The number of carbonyl (C=O) groups is 1. The van der Waals surface area contributed by atoms with E-state index in [9.17, 15) is 9.70 Å². The number of aryl methyl sites for hydroxylation is 1. The summed E-state index contributed by atoms with van der Waals surface area (Å²) in [5.74, 6) is 0. The van der Waals surface area contributed by atoms with Crippen molar-refractivity contribution in [3.8, 4) is 0 Å². The van der Waals surface area contributed by atoms with Crippen LogP contribution in [0, 0.1) is 11.8 Å². The Balaban J connectivity index is 1.78. The predicted octanol–water partition coefficient (Wildman–Crippen LogP) is 4.77. The highest BCUT2D eigenvalue weighted by molar-refractivity contribution is 5.68. The molecule has 2 unspecified atom stereocenters. The lowest BCUT2D eigenvalue weighted by molar-refractivity contribution is -0.737. The van der Waals surface area contributed by atoms with Gasteiger partial charge < -0.3 is 9.80 Å². The summed E-state index contributed by atoms with van der Waals surface area (Å²) in [5, 5.41) is 0. The van der Waals surface area contributed by atoms with Crippen LogP contribution in [0.4, 0.5) is 11.4 Å². The molecule has 158 valence electrons. The molecule has 2 aliphatic rings. The van der Waals surface area contributed by atoms with Crippen molar-refractivity contribution in [2.24, 2.45) is 0 Å². The largest absolute Gasteiger partial charge is 0.364 e. The summed E-state index contributed by atoms with van der Waals surface area (Å²) in [6.07, 6.45) is 4.87. The molecule has 2 atom stereocenters. The van der Waals surface area contributed by atoms with Gasteiger partial charge in [0.25, 0.3) is 4.92 Å². The number of amides is 1. The molecule has 2 aromatic rings. The van der Waals surface area contributed by atoms with Gasteiger partial charge in [-0.1, -0.05) is 43.7 Å². The third-order valence-electron chi connectivity index (χ3n) is 6.53. The molecule has 6 heteroatoms. The molecule has 0 spiro atoms. The topological polar surface area (TPSA) is 52.9 Å². The van der Waals surface area contributed by atoms with E-state index in [0.717, 1.165) is 56.3 Å². The summed E-state index contributed by atoms with van der Waals surface area (Å²) in [4.78, 5) is 34.1. The fourth-order valence-corrected chi connectivity index (χ4v) is 4.94. The molecule has 0 fully saturated rings. The Kier molecular flexibility index (Phi) is 5.75. The van der Waals surface area contributed by atoms with Gasteiger partial charge in [-0.05, 0) is 42.9 Å². The van der Waals surface area contributed by atoms with Gasteiger partial charge in [-0.3, -0.25) is 4.79 Å². The van der Waals surface area contributed by atoms with Gasteiger partial charge >= 0.3 is 5.69 Å². The van der Waals surface area contributed by atoms with Crippen molar-refractivity contribution < 1.29 is 14.6 Å². The van der Waals surface area contributed by atoms with Gasteiger partial charge in [0.05, 0.1) is 17.0 Å². The number of anilines is 1. The third-order valence-corrected chi connectivity index (χ3v) is 6.53. The van der Waals surface area contributed by atoms with Crippen molar-refractivity contribution in [1.29, 1.82) is 0 Å². The number of unbranched alkanes of at least 4 members (excludes halogenated alkanes) is 1. The van der Waals surface area contributed by atoms with Crippen molar-refractivity contribution in [2.75, 3.05) is 25.1 Å². The van der Waals surface area contributed by atoms with Gasteiger partial charge in [0.1, 0.15) is 0 Å². The Morgan fingerprint density at radius 2 is 2.13 bits per heavy atom. The van der Waals surface area contributed by atoms with E-state index < -0.39 is 0 Å². The standard InChI is InChI=1S/C24H30N3O3/c1-4-5-12-25(16-28)23-15-22(19-10-9-17(2)21(14-19)27(29)30-3)26-13-11-18-7-6-8-20(23)24(18)26/h6-10,14,16,22-23H,4-5,11-13,15H2,1-3H3/q+1. The molecule has 0 aliphatic carbocycles. The molecule has 30 heavy (non-hydrogen) atoms. The smallest absolute Gasteiger partial charge is 0.319 e. The number of carbonyl (C=O) groups excluding carboxylic acids is 1. The van der Waals surface area contributed by atoms with Gasteiger partial charge in [-0.25, -0.2) is 4.84 Å². The molecule has 0 bridgehead atoms. The van der Waals surface area contributed by atoms with Crippen molar-refractivity contribution >= 4 is 17.8 Å². The van der Waals surface area contributed by atoms with E-state index in [4.69, 9.17) is 4.84 Å². The van der Waals surface area contributed by atoms with E-state index in [1.165, 1.54) is 23.9 Å². The zero-order chi connectivity index (χ0) is 21.3. The van der Waals surface area contributed by atoms with Crippen molar-refractivity contribution in [1.82, 2.24) is 4.90 Å². The van der Waals surface area contributed by atoms with E-state index in [1.54, 1.807) is 0 Å². The molecule has 0 aromatic heterocycles. The maximum absolute atomic E-state index is 12.2. The van der Waals surface area contributed by atoms with Gasteiger partial charge in [-0.2, -0.15) is 0 Å². The molecule has 1 amide bonds. The number of hydrogen-bond donors (Lipinski definition) is 0. The number of benzene rings is 2. The highest BCUT2D eigenvalue weighted by Gasteiger charge is 2.40. The zero-order valence-electron chi connectivity index (χ0n) is 18.0. The monoisotopic (exact) mass is 408 g/mol. The fraction of sp³-hybridized carbons (Fsp3) is 0.458. The van der Waals surface area contributed by atoms with E-state index >= 15 is 0 Å². The summed E-state index contributed by atoms with van der Waals surface area (Å²) in [7, 11) is 1.38. The van der Waals surface area contributed by atoms with Crippen LogP contribution in [0.2, 0.25) is 0 Å². The molecule has 2 aromatic carbocycles. The Labute approximate surface area is 178 Å². The van der Waals surface area contributed by atoms with E-state index in [-0.39, 0.29) is 12.1 Å². The lowest BCUT2D eigenvalue weighted by Gasteiger charge is -2.43. The van der Waals surface area contributed by atoms with Crippen LogP contribution >= 0.6 is 0 Å². The molecule has 2 heterocycles. The summed E-state index contributed by atoms with van der Waals surface area (Å²) in [6.45, 7) is 5.77. The fourth-order valence-electron chi connectivity index (χ4n) is 4.94. The first-order chi connectivity index (χ1) is 14.6. The normalized spacial score (nSPS) is 19.4. The number of para-hydroxylation sites is 1. The van der Waals surface area contributed by atoms with Crippen molar-refractivity contribution in [3.63, 3.8) is 0 Å². The van der Waals surface area contributed by atoms with Crippen LogP contribution in [0.1, 0.15) is 60.5 Å². The maximum atomic E-state index is 12.2. The molecule has 0 N–H and O–H groups in total. The lowest BCUT2D eigenvalue weighted by Crippen LogP contribution is -2.39. The first-order valence-corrected chi connectivity index (χ1v) is 10.8. The van der Waals surface area contributed by atoms with E-state index in [2.05, 4.69) is 36.1 Å². The van der Waals surface area contributed by atoms with Crippen LogP contribution in [0.15, 0.2) is 36.4 Å². The first kappa shape index (κ1) is 20.4. The molecular weight excluding hydrogens is 378 g/mol. The van der Waals surface area contributed by atoms with Crippen LogP contribution in [0.25, 0.3) is 0 Å². The van der Waals surface area contributed by atoms with Crippen LogP contribution in [0.5, 0.6) is 0 Å². The van der Waals surface area contributed by atoms with Crippen LogP contribution in [-0.4, -0.2) is 36.4 Å².